The van der Waals surface area contributed by atoms with Crippen molar-refractivity contribution in [2.75, 3.05) is 0 Å². The van der Waals surface area contributed by atoms with Crippen molar-refractivity contribution in [2.24, 2.45) is 5.92 Å². The van der Waals surface area contributed by atoms with Gasteiger partial charge in [0.1, 0.15) is 0 Å². The van der Waals surface area contributed by atoms with E-state index in [-0.39, 0.29) is 0 Å². The largest absolute Gasteiger partial charge is 0.414 e. The third-order valence-electron chi connectivity index (χ3n) is 1.96. The van der Waals surface area contributed by atoms with Crippen LogP contribution in [0.4, 0.5) is 13.2 Å². The minimum absolute atomic E-state index is 0.459. The molecule has 2 atom stereocenters. The molecule has 0 N–H and O–H groups in total. The molecule has 0 aliphatic carbocycles. The molecule has 0 rings (SSSR count). The van der Waals surface area contributed by atoms with E-state index in [1.54, 1.807) is 34.6 Å². The van der Waals surface area contributed by atoms with Gasteiger partial charge >= 0.3 is 6.18 Å². The van der Waals surface area contributed by atoms with Crippen LogP contribution in [0.2, 0.25) is 0 Å². The molecule has 0 bridgehead atoms. The maximum absolute atomic E-state index is 12.6. The van der Waals surface area contributed by atoms with E-state index >= 15 is 0 Å². The summed E-state index contributed by atoms with van der Waals surface area (Å²) in [4.78, 5) is 0. The molecule has 0 heterocycles. The molecular weight excluding hydrogens is 193 g/mol. The molecule has 0 unspecified atom stereocenters. The maximum Gasteiger partial charge on any atom is 0.414 e. The van der Waals surface area contributed by atoms with Crippen molar-refractivity contribution in [3.63, 3.8) is 0 Å². The highest BCUT2D eigenvalue weighted by Crippen LogP contribution is 2.32. The van der Waals surface area contributed by atoms with Crippen LogP contribution in [0, 0.1) is 5.92 Å². The highest BCUT2D eigenvalue weighted by atomic mass is 19.4. The lowest BCUT2D eigenvalue weighted by atomic mass is 10.0. The molecule has 0 saturated heterocycles. The van der Waals surface area contributed by atoms with E-state index in [9.17, 15) is 13.2 Å². The summed E-state index contributed by atoms with van der Waals surface area (Å²) < 4.78 is 42.7. The summed E-state index contributed by atoms with van der Waals surface area (Å²) in [6.07, 6.45) is -5.48. The predicted octanol–water partition coefficient (Wildman–Crippen LogP) is 3.78. The first kappa shape index (κ1) is 13.8. The topological polar surface area (TPSA) is 9.23 Å². The van der Waals surface area contributed by atoms with Gasteiger partial charge in [-0.25, -0.2) is 0 Å². The van der Waals surface area contributed by atoms with Crippen molar-refractivity contribution in [3.8, 4) is 0 Å². The lowest BCUT2D eigenvalue weighted by Gasteiger charge is -2.32. The van der Waals surface area contributed by atoms with E-state index in [0.29, 0.717) is 6.42 Å². The summed E-state index contributed by atoms with van der Waals surface area (Å²) in [5, 5.41) is 0. The molecule has 0 fully saturated rings. The van der Waals surface area contributed by atoms with E-state index < -0.39 is 23.8 Å². The molecule has 0 spiro atoms. The third kappa shape index (κ3) is 4.84. The summed E-state index contributed by atoms with van der Waals surface area (Å²) in [5.41, 5.74) is -0.760. The molecule has 0 aromatic carbocycles. The van der Waals surface area contributed by atoms with Crippen LogP contribution < -0.4 is 0 Å². The minimum atomic E-state index is -4.28. The Hall–Kier alpha value is -0.250. The lowest BCUT2D eigenvalue weighted by molar-refractivity contribution is -0.259. The van der Waals surface area contributed by atoms with Crippen LogP contribution in [0.5, 0.6) is 0 Å². The zero-order valence-corrected chi connectivity index (χ0v) is 9.40. The second kappa shape index (κ2) is 4.51. The molecule has 0 radical (unpaired) electrons. The van der Waals surface area contributed by atoms with Gasteiger partial charge in [-0.05, 0) is 26.7 Å². The van der Waals surface area contributed by atoms with Crippen LogP contribution in [-0.2, 0) is 4.74 Å². The summed E-state index contributed by atoms with van der Waals surface area (Å²) >= 11 is 0. The zero-order valence-electron chi connectivity index (χ0n) is 9.40. The van der Waals surface area contributed by atoms with Gasteiger partial charge in [-0.3, -0.25) is 0 Å². The molecule has 14 heavy (non-hydrogen) atoms. The van der Waals surface area contributed by atoms with Gasteiger partial charge in [-0.15, -0.1) is 0 Å². The minimum Gasteiger partial charge on any atom is -0.363 e. The van der Waals surface area contributed by atoms with Gasteiger partial charge in [0.05, 0.1) is 5.60 Å². The summed E-state index contributed by atoms with van der Waals surface area (Å²) in [5.74, 6) is -0.505. The van der Waals surface area contributed by atoms with Crippen molar-refractivity contribution in [1.29, 1.82) is 0 Å². The van der Waals surface area contributed by atoms with E-state index in [2.05, 4.69) is 0 Å². The molecular formula is C10H19F3O. The molecule has 0 aromatic heterocycles. The summed E-state index contributed by atoms with van der Waals surface area (Å²) in [6.45, 7) is 8.19. The molecule has 86 valence electrons. The van der Waals surface area contributed by atoms with Gasteiger partial charge in [-0.2, -0.15) is 13.2 Å². The van der Waals surface area contributed by atoms with Crippen molar-refractivity contribution in [3.05, 3.63) is 0 Å². The van der Waals surface area contributed by atoms with Gasteiger partial charge in [0.15, 0.2) is 6.10 Å². The SMILES string of the molecule is CC[C@H](C)[C@H](OC(C)(C)C)C(F)(F)F. The van der Waals surface area contributed by atoms with Crippen LogP contribution in [0.15, 0.2) is 0 Å². The van der Waals surface area contributed by atoms with Crippen LogP contribution >= 0.6 is 0 Å². The van der Waals surface area contributed by atoms with Gasteiger partial charge in [-0.1, -0.05) is 20.3 Å². The Bertz CT molecular complexity index is 169. The second-order valence-electron chi connectivity index (χ2n) is 4.58. The summed E-state index contributed by atoms with van der Waals surface area (Å²) in [6, 6.07) is 0. The van der Waals surface area contributed by atoms with Crippen molar-refractivity contribution in [2.45, 2.75) is 58.9 Å². The zero-order chi connectivity index (χ0) is 11.6. The van der Waals surface area contributed by atoms with Crippen LogP contribution in [0.3, 0.4) is 0 Å². The Labute approximate surface area is 83.6 Å². The molecule has 0 aliphatic rings. The lowest BCUT2D eigenvalue weighted by Crippen LogP contribution is -2.42. The molecule has 0 aliphatic heterocycles. The van der Waals surface area contributed by atoms with Crippen LogP contribution in [0.1, 0.15) is 41.0 Å². The van der Waals surface area contributed by atoms with E-state index in [0.717, 1.165) is 0 Å². The first-order valence-corrected chi connectivity index (χ1v) is 4.82. The van der Waals surface area contributed by atoms with Crippen LogP contribution in [-0.4, -0.2) is 17.9 Å². The van der Waals surface area contributed by atoms with Gasteiger partial charge in [0, 0.05) is 0 Å². The highest BCUT2D eigenvalue weighted by Gasteiger charge is 2.45. The predicted molar refractivity (Wildman–Crippen MR) is 50.1 cm³/mol. The molecule has 0 amide bonds. The Morgan fingerprint density at radius 2 is 1.57 bits per heavy atom. The highest BCUT2D eigenvalue weighted by molar-refractivity contribution is 4.77. The summed E-state index contributed by atoms with van der Waals surface area (Å²) in [7, 11) is 0. The number of alkyl halides is 3. The maximum atomic E-state index is 12.6. The average Bonchev–Trinajstić information content (AvgIpc) is 1.95. The van der Waals surface area contributed by atoms with E-state index in [4.69, 9.17) is 4.74 Å². The van der Waals surface area contributed by atoms with Crippen LogP contribution in [0.25, 0.3) is 0 Å². The van der Waals surface area contributed by atoms with E-state index in [1.807, 2.05) is 0 Å². The third-order valence-corrected chi connectivity index (χ3v) is 1.96. The monoisotopic (exact) mass is 212 g/mol. The second-order valence-corrected chi connectivity index (χ2v) is 4.58. The Balaban J connectivity index is 4.58. The standard InChI is InChI=1S/C10H19F3O/c1-6-7(2)8(10(11,12)13)14-9(3,4)5/h7-8H,6H2,1-5H3/t7-,8-/m0/s1. The van der Waals surface area contributed by atoms with Gasteiger partial charge < -0.3 is 4.74 Å². The number of halogens is 3. The smallest absolute Gasteiger partial charge is 0.363 e. The van der Waals surface area contributed by atoms with Gasteiger partial charge in [0.2, 0.25) is 0 Å². The van der Waals surface area contributed by atoms with Crippen molar-refractivity contribution >= 4 is 0 Å². The van der Waals surface area contributed by atoms with Crippen molar-refractivity contribution in [1.82, 2.24) is 0 Å². The number of hydrogen-bond donors (Lipinski definition) is 0. The Morgan fingerprint density at radius 1 is 1.14 bits per heavy atom. The quantitative estimate of drug-likeness (QED) is 0.691. The number of hydrogen-bond acceptors (Lipinski definition) is 1. The van der Waals surface area contributed by atoms with Gasteiger partial charge in [0.25, 0.3) is 0 Å². The molecule has 4 heteroatoms. The first-order valence-electron chi connectivity index (χ1n) is 4.82. The Morgan fingerprint density at radius 3 is 1.79 bits per heavy atom. The average molecular weight is 212 g/mol. The fraction of sp³-hybridized carbons (Fsp3) is 1.00. The Kier molecular flexibility index (Phi) is 4.43. The molecule has 0 saturated carbocycles. The first-order chi connectivity index (χ1) is 6.08. The fourth-order valence-corrected chi connectivity index (χ4v) is 1.10. The van der Waals surface area contributed by atoms with Crippen molar-refractivity contribution < 1.29 is 17.9 Å². The normalized spacial score (nSPS) is 18.0. The number of rotatable bonds is 3. The van der Waals surface area contributed by atoms with E-state index in [1.165, 1.54) is 0 Å². The fourth-order valence-electron chi connectivity index (χ4n) is 1.10. The molecule has 0 aromatic rings. The number of ether oxygens (including phenoxy) is 1. The molecule has 1 nitrogen and oxygen atoms in total.